The van der Waals surface area contributed by atoms with Crippen LogP contribution in [0.15, 0.2) is 66.9 Å². The highest BCUT2D eigenvalue weighted by Crippen LogP contribution is 2.22. The van der Waals surface area contributed by atoms with E-state index in [0.29, 0.717) is 23.3 Å². The Balaban J connectivity index is 1.31. The van der Waals surface area contributed by atoms with E-state index < -0.39 is 12.1 Å². The number of para-hydroxylation sites is 1. The first kappa shape index (κ1) is 20.4. The van der Waals surface area contributed by atoms with Gasteiger partial charge in [0.15, 0.2) is 5.65 Å². The number of amides is 4. The van der Waals surface area contributed by atoms with Gasteiger partial charge in [0.05, 0.1) is 16.9 Å². The first-order chi connectivity index (χ1) is 16.0. The van der Waals surface area contributed by atoms with E-state index >= 15 is 0 Å². The molecule has 164 valence electrons. The van der Waals surface area contributed by atoms with E-state index in [2.05, 4.69) is 26.0 Å². The molecule has 0 bridgehead atoms. The lowest BCUT2D eigenvalue weighted by Crippen LogP contribution is -2.31. The van der Waals surface area contributed by atoms with E-state index in [4.69, 9.17) is 0 Å². The van der Waals surface area contributed by atoms with Crippen LogP contribution in [0.3, 0.4) is 0 Å². The second-order valence-corrected chi connectivity index (χ2v) is 7.80. The minimum Gasteiger partial charge on any atom is -0.326 e. The molecule has 33 heavy (non-hydrogen) atoms. The zero-order valence-corrected chi connectivity index (χ0v) is 17.7. The van der Waals surface area contributed by atoms with Crippen LogP contribution in [-0.2, 0) is 11.2 Å². The molecule has 1 aliphatic rings. The Morgan fingerprint density at radius 2 is 1.85 bits per heavy atom. The van der Waals surface area contributed by atoms with Crippen LogP contribution >= 0.6 is 0 Å². The van der Waals surface area contributed by atoms with Crippen molar-refractivity contribution in [1.82, 2.24) is 25.4 Å². The maximum Gasteiger partial charge on any atom is 0.322 e. The van der Waals surface area contributed by atoms with Crippen molar-refractivity contribution in [1.29, 1.82) is 0 Å². The van der Waals surface area contributed by atoms with E-state index in [9.17, 15) is 14.4 Å². The van der Waals surface area contributed by atoms with Crippen molar-refractivity contribution < 1.29 is 14.4 Å². The minimum absolute atomic E-state index is 0.286. The van der Waals surface area contributed by atoms with Gasteiger partial charge in [-0.25, -0.2) is 14.5 Å². The third kappa shape index (κ3) is 4.03. The SMILES string of the molecule is Cc1nn(-c2ccccc2)c2ncc(C(=O)Nc3ccc(CC4NC(=O)NC4=O)cc3)cc12. The summed E-state index contributed by atoms with van der Waals surface area (Å²) >= 11 is 0. The summed E-state index contributed by atoms with van der Waals surface area (Å²) in [4.78, 5) is 40.2. The summed E-state index contributed by atoms with van der Waals surface area (Å²) in [5.74, 6) is -0.627. The molecule has 3 heterocycles. The van der Waals surface area contributed by atoms with Crippen molar-refractivity contribution in [2.24, 2.45) is 0 Å². The number of nitrogens with one attached hydrogen (secondary N) is 3. The molecule has 2 aromatic carbocycles. The number of aryl methyl sites for hydroxylation is 1. The molecule has 4 amide bonds. The Labute approximate surface area is 188 Å². The molecule has 0 saturated carbocycles. The smallest absolute Gasteiger partial charge is 0.322 e. The zero-order chi connectivity index (χ0) is 22.9. The molecule has 5 rings (SSSR count). The summed E-state index contributed by atoms with van der Waals surface area (Å²) in [5, 5.41) is 13.0. The van der Waals surface area contributed by atoms with Gasteiger partial charge in [0.25, 0.3) is 11.8 Å². The number of nitrogens with zero attached hydrogens (tertiary/aromatic N) is 3. The maximum atomic E-state index is 12.8. The van der Waals surface area contributed by atoms with Crippen LogP contribution in [0.25, 0.3) is 16.7 Å². The Bertz CT molecular complexity index is 1380. The molecule has 1 fully saturated rings. The molecule has 1 aliphatic heterocycles. The fourth-order valence-electron chi connectivity index (χ4n) is 3.78. The second kappa shape index (κ2) is 8.19. The van der Waals surface area contributed by atoms with Crippen molar-refractivity contribution in [3.05, 3.63) is 83.7 Å². The van der Waals surface area contributed by atoms with Crippen LogP contribution in [0.1, 0.15) is 21.6 Å². The van der Waals surface area contributed by atoms with Crippen LogP contribution in [0.5, 0.6) is 0 Å². The molecule has 0 aliphatic carbocycles. The summed E-state index contributed by atoms with van der Waals surface area (Å²) in [6.07, 6.45) is 1.91. The van der Waals surface area contributed by atoms with Crippen molar-refractivity contribution in [2.75, 3.05) is 5.32 Å². The van der Waals surface area contributed by atoms with Crippen molar-refractivity contribution >= 4 is 34.6 Å². The number of pyridine rings is 1. The Morgan fingerprint density at radius 3 is 2.55 bits per heavy atom. The third-order valence-electron chi connectivity index (χ3n) is 5.48. The van der Waals surface area contributed by atoms with Crippen LogP contribution in [-0.4, -0.2) is 38.7 Å². The maximum absolute atomic E-state index is 12.8. The van der Waals surface area contributed by atoms with Gasteiger partial charge in [0, 0.05) is 23.7 Å². The van der Waals surface area contributed by atoms with Gasteiger partial charge in [-0.15, -0.1) is 0 Å². The summed E-state index contributed by atoms with van der Waals surface area (Å²) in [6.45, 7) is 1.89. The van der Waals surface area contributed by atoms with E-state index in [1.54, 1.807) is 22.9 Å². The van der Waals surface area contributed by atoms with Crippen LogP contribution in [0.2, 0.25) is 0 Å². The molecule has 2 aromatic heterocycles. The van der Waals surface area contributed by atoms with Crippen LogP contribution in [0, 0.1) is 6.92 Å². The number of fused-ring (bicyclic) bond motifs is 1. The molecule has 0 radical (unpaired) electrons. The van der Waals surface area contributed by atoms with Gasteiger partial charge in [-0.1, -0.05) is 30.3 Å². The molecule has 1 saturated heterocycles. The van der Waals surface area contributed by atoms with E-state index in [-0.39, 0.29) is 11.8 Å². The van der Waals surface area contributed by atoms with Crippen LogP contribution in [0.4, 0.5) is 10.5 Å². The van der Waals surface area contributed by atoms with Gasteiger partial charge >= 0.3 is 6.03 Å². The quantitative estimate of drug-likeness (QED) is 0.413. The van der Waals surface area contributed by atoms with E-state index in [1.807, 2.05) is 49.4 Å². The average molecular weight is 440 g/mol. The Morgan fingerprint density at radius 1 is 1.09 bits per heavy atom. The highest BCUT2D eigenvalue weighted by atomic mass is 16.2. The normalized spacial score (nSPS) is 15.4. The number of rotatable bonds is 5. The summed E-state index contributed by atoms with van der Waals surface area (Å²) in [6, 6.07) is 17.6. The predicted molar refractivity (Wildman–Crippen MR) is 122 cm³/mol. The molecule has 9 heteroatoms. The lowest BCUT2D eigenvalue weighted by Gasteiger charge is -2.09. The number of aromatic nitrogens is 3. The summed E-state index contributed by atoms with van der Waals surface area (Å²) < 4.78 is 1.76. The number of imide groups is 1. The minimum atomic E-state index is -0.587. The molecule has 3 N–H and O–H groups in total. The van der Waals surface area contributed by atoms with Crippen LogP contribution < -0.4 is 16.0 Å². The number of carbonyl (C=O) groups is 3. The lowest BCUT2D eigenvalue weighted by atomic mass is 10.1. The fourth-order valence-corrected chi connectivity index (χ4v) is 3.78. The highest BCUT2D eigenvalue weighted by molar-refractivity contribution is 6.06. The fraction of sp³-hybridized carbons (Fsp3) is 0.125. The first-order valence-electron chi connectivity index (χ1n) is 10.4. The topological polar surface area (TPSA) is 118 Å². The second-order valence-electron chi connectivity index (χ2n) is 7.80. The Kier molecular flexibility index (Phi) is 5.06. The molecule has 1 unspecified atom stereocenters. The molecular weight excluding hydrogens is 420 g/mol. The number of anilines is 1. The summed E-state index contributed by atoms with van der Waals surface area (Å²) in [7, 11) is 0. The van der Waals surface area contributed by atoms with E-state index in [0.717, 1.165) is 22.3 Å². The standard InChI is InChI=1S/C24H20N6O3/c1-14-19-12-16(13-25-21(19)30(29-14)18-5-3-2-4-6-18)22(31)26-17-9-7-15(8-10-17)11-20-23(32)28-24(33)27-20/h2-10,12-13,20H,11H2,1H3,(H,26,31)(H2,27,28,32,33). The number of carbonyl (C=O) groups excluding carboxylic acids is 3. The first-order valence-corrected chi connectivity index (χ1v) is 10.4. The number of urea groups is 1. The number of hydrogen-bond acceptors (Lipinski definition) is 5. The van der Waals surface area contributed by atoms with Crippen molar-refractivity contribution in [2.45, 2.75) is 19.4 Å². The van der Waals surface area contributed by atoms with Gasteiger partial charge < -0.3 is 10.6 Å². The monoisotopic (exact) mass is 440 g/mol. The lowest BCUT2D eigenvalue weighted by molar-refractivity contribution is -0.120. The largest absolute Gasteiger partial charge is 0.326 e. The Hall–Kier alpha value is -4.53. The molecule has 0 spiro atoms. The number of benzene rings is 2. The average Bonchev–Trinajstić information content (AvgIpc) is 3.33. The van der Waals surface area contributed by atoms with Crippen molar-refractivity contribution in [3.63, 3.8) is 0 Å². The zero-order valence-electron chi connectivity index (χ0n) is 17.7. The van der Waals surface area contributed by atoms with E-state index in [1.165, 1.54) is 6.20 Å². The summed E-state index contributed by atoms with van der Waals surface area (Å²) in [5.41, 5.74) is 4.26. The van der Waals surface area contributed by atoms with Gasteiger partial charge in [0.2, 0.25) is 0 Å². The highest BCUT2D eigenvalue weighted by Gasteiger charge is 2.29. The van der Waals surface area contributed by atoms with Gasteiger partial charge in [-0.3, -0.25) is 14.9 Å². The third-order valence-corrected chi connectivity index (χ3v) is 5.48. The molecule has 4 aromatic rings. The van der Waals surface area contributed by atoms with Crippen molar-refractivity contribution in [3.8, 4) is 5.69 Å². The number of hydrogen-bond donors (Lipinski definition) is 3. The molecule has 1 atom stereocenters. The molecular formula is C24H20N6O3. The van der Waals surface area contributed by atoms with Gasteiger partial charge in [0.1, 0.15) is 6.04 Å². The van der Waals surface area contributed by atoms with Gasteiger partial charge in [-0.05, 0) is 42.8 Å². The van der Waals surface area contributed by atoms with Gasteiger partial charge in [-0.2, -0.15) is 5.10 Å². The predicted octanol–water partition coefficient (Wildman–Crippen LogP) is 2.73. The molecule has 9 nitrogen and oxygen atoms in total.